The van der Waals surface area contributed by atoms with Crippen molar-refractivity contribution in [2.24, 2.45) is 0 Å². The van der Waals surface area contributed by atoms with Gasteiger partial charge in [0.15, 0.2) is 0 Å². The zero-order valence-electron chi connectivity index (χ0n) is 8.39. The van der Waals surface area contributed by atoms with Crippen molar-refractivity contribution in [3.8, 4) is 5.88 Å². The summed E-state index contributed by atoms with van der Waals surface area (Å²) in [5.74, 6) is 0.695. The number of pyridine rings is 1. The highest BCUT2D eigenvalue weighted by molar-refractivity contribution is 5.85. The molecule has 2 N–H and O–H groups in total. The fourth-order valence-corrected chi connectivity index (χ4v) is 1.64. The fourth-order valence-electron chi connectivity index (χ4n) is 1.64. The molecule has 0 saturated heterocycles. The van der Waals surface area contributed by atoms with E-state index in [0.29, 0.717) is 17.7 Å². The lowest BCUT2D eigenvalue weighted by Crippen LogP contribution is -2.11. The fraction of sp³-hybridized carbons (Fsp3) is 0.500. The van der Waals surface area contributed by atoms with Crippen molar-refractivity contribution in [3.05, 3.63) is 18.3 Å². The van der Waals surface area contributed by atoms with Crippen molar-refractivity contribution in [2.75, 3.05) is 5.73 Å². The maximum Gasteiger partial charge on any atom is 0.213 e. The van der Waals surface area contributed by atoms with Crippen molar-refractivity contribution in [2.45, 2.75) is 31.8 Å². The van der Waals surface area contributed by atoms with E-state index in [1.54, 1.807) is 6.20 Å². The lowest BCUT2D eigenvalue weighted by Gasteiger charge is -2.11. The number of anilines is 1. The van der Waals surface area contributed by atoms with Gasteiger partial charge in [0, 0.05) is 6.07 Å². The molecule has 0 bridgehead atoms. The van der Waals surface area contributed by atoms with Gasteiger partial charge in [0.05, 0.1) is 11.9 Å². The molecule has 0 radical (unpaired) electrons. The molecule has 0 atom stereocenters. The van der Waals surface area contributed by atoms with Crippen molar-refractivity contribution >= 4 is 30.5 Å². The van der Waals surface area contributed by atoms with Crippen LogP contribution in [-0.4, -0.2) is 11.1 Å². The van der Waals surface area contributed by atoms with Crippen LogP contribution in [0.2, 0.25) is 0 Å². The zero-order valence-corrected chi connectivity index (χ0v) is 10.0. The first-order valence-corrected chi connectivity index (χ1v) is 4.73. The first-order valence-electron chi connectivity index (χ1n) is 4.73. The minimum Gasteiger partial charge on any atom is -0.474 e. The van der Waals surface area contributed by atoms with Gasteiger partial charge in [0.1, 0.15) is 6.10 Å². The third-order valence-corrected chi connectivity index (χ3v) is 2.35. The molecule has 15 heavy (non-hydrogen) atoms. The Hall–Kier alpha value is -0.670. The summed E-state index contributed by atoms with van der Waals surface area (Å²) < 4.78 is 5.66. The number of hydrogen-bond acceptors (Lipinski definition) is 3. The monoisotopic (exact) mass is 250 g/mol. The van der Waals surface area contributed by atoms with Crippen molar-refractivity contribution in [3.63, 3.8) is 0 Å². The molecule has 0 unspecified atom stereocenters. The molecule has 1 heterocycles. The van der Waals surface area contributed by atoms with Gasteiger partial charge in [-0.15, -0.1) is 24.8 Å². The van der Waals surface area contributed by atoms with Gasteiger partial charge >= 0.3 is 0 Å². The third kappa shape index (κ3) is 4.14. The van der Waals surface area contributed by atoms with Crippen molar-refractivity contribution in [1.29, 1.82) is 0 Å². The van der Waals surface area contributed by atoms with E-state index in [0.717, 1.165) is 12.8 Å². The standard InChI is InChI=1S/C10H14N2O.2ClH/c11-8-5-6-10(12-7-8)13-9-3-1-2-4-9;;/h5-7,9H,1-4,11H2;2*1H. The number of nitrogens with zero attached hydrogens (tertiary/aromatic N) is 1. The average molecular weight is 251 g/mol. The van der Waals surface area contributed by atoms with Gasteiger partial charge in [-0.25, -0.2) is 4.98 Å². The molecule has 2 rings (SSSR count). The van der Waals surface area contributed by atoms with Crippen molar-refractivity contribution < 1.29 is 4.74 Å². The SMILES string of the molecule is Cl.Cl.Nc1ccc(OC2CCCC2)nc1. The minimum atomic E-state index is 0. The quantitative estimate of drug-likeness (QED) is 0.879. The highest BCUT2D eigenvalue weighted by atomic mass is 35.5. The summed E-state index contributed by atoms with van der Waals surface area (Å²) in [4.78, 5) is 4.09. The molecule has 1 fully saturated rings. The molecular formula is C10H16Cl2N2O. The number of nitrogen functional groups attached to an aromatic ring is 1. The largest absolute Gasteiger partial charge is 0.474 e. The van der Waals surface area contributed by atoms with Crippen LogP contribution in [0.4, 0.5) is 5.69 Å². The molecule has 0 spiro atoms. The second kappa shape index (κ2) is 6.75. The molecule has 1 aromatic heterocycles. The number of ether oxygens (including phenoxy) is 1. The van der Waals surface area contributed by atoms with Crippen LogP contribution in [0.3, 0.4) is 0 Å². The molecule has 0 aromatic carbocycles. The van der Waals surface area contributed by atoms with Crippen LogP contribution < -0.4 is 10.5 Å². The predicted molar refractivity (Wildman–Crippen MR) is 66.0 cm³/mol. The maximum atomic E-state index is 5.66. The van der Waals surface area contributed by atoms with E-state index in [1.807, 2.05) is 12.1 Å². The highest BCUT2D eigenvalue weighted by Crippen LogP contribution is 2.22. The number of nitrogens with two attached hydrogens (primary N) is 1. The number of rotatable bonds is 2. The Morgan fingerprint density at radius 1 is 1.20 bits per heavy atom. The summed E-state index contributed by atoms with van der Waals surface area (Å²) >= 11 is 0. The Balaban J connectivity index is 0.000000980. The summed E-state index contributed by atoms with van der Waals surface area (Å²) in [5.41, 5.74) is 6.20. The molecule has 1 aliphatic carbocycles. The summed E-state index contributed by atoms with van der Waals surface area (Å²) in [6.07, 6.45) is 6.87. The van der Waals surface area contributed by atoms with Crippen molar-refractivity contribution in [1.82, 2.24) is 4.98 Å². The zero-order chi connectivity index (χ0) is 9.10. The van der Waals surface area contributed by atoms with E-state index >= 15 is 0 Å². The van der Waals surface area contributed by atoms with Gasteiger partial charge in [0.2, 0.25) is 5.88 Å². The number of aromatic nitrogens is 1. The third-order valence-electron chi connectivity index (χ3n) is 2.35. The van der Waals surface area contributed by atoms with Gasteiger partial charge in [-0.2, -0.15) is 0 Å². The highest BCUT2D eigenvalue weighted by Gasteiger charge is 2.16. The summed E-state index contributed by atoms with van der Waals surface area (Å²) in [5, 5.41) is 0. The molecule has 5 heteroatoms. The average Bonchev–Trinajstić information content (AvgIpc) is 2.62. The topological polar surface area (TPSA) is 48.1 Å². The van der Waals surface area contributed by atoms with Crippen LogP contribution in [0, 0.1) is 0 Å². The van der Waals surface area contributed by atoms with Gasteiger partial charge in [-0.05, 0) is 31.7 Å². The molecule has 1 saturated carbocycles. The molecule has 86 valence electrons. The van der Waals surface area contributed by atoms with Crippen LogP contribution in [0.1, 0.15) is 25.7 Å². The summed E-state index contributed by atoms with van der Waals surface area (Å²) in [6.45, 7) is 0. The minimum absolute atomic E-state index is 0. The molecule has 1 aromatic rings. The first-order chi connectivity index (χ1) is 6.34. The van der Waals surface area contributed by atoms with Crippen LogP contribution >= 0.6 is 24.8 Å². The van der Waals surface area contributed by atoms with Gasteiger partial charge in [-0.1, -0.05) is 0 Å². The normalized spacial score (nSPS) is 15.2. The lowest BCUT2D eigenvalue weighted by molar-refractivity contribution is 0.201. The lowest BCUT2D eigenvalue weighted by atomic mass is 10.3. The van der Waals surface area contributed by atoms with Crippen LogP contribution in [0.25, 0.3) is 0 Å². The molecule has 0 aliphatic heterocycles. The van der Waals surface area contributed by atoms with E-state index in [9.17, 15) is 0 Å². The van der Waals surface area contributed by atoms with Crippen LogP contribution in [-0.2, 0) is 0 Å². The molecule has 1 aliphatic rings. The second-order valence-electron chi connectivity index (χ2n) is 3.45. The Kier molecular flexibility index (Phi) is 6.45. The predicted octanol–water partition coefficient (Wildman–Crippen LogP) is 2.83. The molecular weight excluding hydrogens is 235 g/mol. The summed E-state index contributed by atoms with van der Waals surface area (Å²) in [6, 6.07) is 3.64. The Labute approximate surface area is 102 Å². The smallest absolute Gasteiger partial charge is 0.213 e. The van der Waals surface area contributed by atoms with Gasteiger partial charge in [0.25, 0.3) is 0 Å². The second-order valence-corrected chi connectivity index (χ2v) is 3.45. The van der Waals surface area contributed by atoms with E-state index in [4.69, 9.17) is 10.5 Å². The first kappa shape index (κ1) is 14.3. The number of hydrogen-bond donors (Lipinski definition) is 1. The maximum absolute atomic E-state index is 5.66. The van der Waals surface area contributed by atoms with E-state index < -0.39 is 0 Å². The van der Waals surface area contributed by atoms with Gasteiger partial charge < -0.3 is 10.5 Å². The molecule has 0 amide bonds. The number of halogens is 2. The Bertz CT molecular complexity index is 273. The van der Waals surface area contributed by atoms with E-state index in [-0.39, 0.29) is 24.8 Å². The Morgan fingerprint density at radius 2 is 1.87 bits per heavy atom. The molecule has 3 nitrogen and oxygen atoms in total. The van der Waals surface area contributed by atoms with Crippen LogP contribution in [0.5, 0.6) is 5.88 Å². The van der Waals surface area contributed by atoms with Gasteiger partial charge in [-0.3, -0.25) is 0 Å². The van der Waals surface area contributed by atoms with Crippen LogP contribution in [0.15, 0.2) is 18.3 Å². The Morgan fingerprint density at radius 3 is 2.40 bits per heavy atom. The van der Waals surface area contributed by atoms with E-state index in [1.165, 1.54) is 12.8 Å². The summed E-state index contributed by atoms with van der Waals surface area (Å²) in [7, 11) is 0. The van der Waals surface area contributed by atoms with E-state index in [2.05, 4.69) is 4.98 Å².